The van der Waals surface area contributed by atoms with Crippen LogP contribution in [0.2, 0.25) is 0 Å². The molecule has 0 saturated carbocycles. The molecule has 0 fully saturated rings. The number of halogens is 3. The van der Waals surface area contributed by atoms with Crippen LogP contribution in [0.4, 0.5) is 13.2 Å². The standard InChI is InChI=1S/C14H16F3N3/c1-10(8-18)12-4-2-11(3-5-12)9-20-7-6-13(19-20)14(15,16)17/h2-7,10H,8-9,18H2,1H3. The van der Waals surface area contributed by atoms with Gasteiger partial charge in [0.15, 0.2) is 5.69 Å². The molecule has 0 aliphatic carbocycles. The summed E-state index contributed by atoms with van der Waals surface area (Å²) in [5.74, 6) is 0.269. The second-order valence-corrected chi connectivity index (χ2v) is 4.77. The molecule has 2 rings (SSSR count). The number of rotatable bonds is 4. The molecule has 20 heavy (non-hydrogen) atoms. The summed E-state index contributed by atoms with van der Waals surface area (Å²) >= 11 is 0. The Morgan fingerprint density at radius 2 is 1.85 bits per heavy atom. The van der Waals surface area contributed by atoms with Gasteiger partial charge in [0.25, 0.3) is 0 Å². The lowest BCUT2D eigenvalue weighted by Gasteiger charge is -2.09. The number of aromatic nitrogens is 2. The van der Waals surface area contributed by atoms with Gasteiger partial charge in [-0.3, -0.25) is 4.68 Å². The van der Waals surface area contributed by atoms with Gasteiger partial charge in [-0.05, 0) is 29.7 Å². The van der Waals surface area contributed by atoms with Crippen LogP contribution >= 0.6 is 0 Å². The Morgan fingerprint density at radius 3 is 2.35 bits per heavy atom. The van der Waals surface area contributed by atoms with Crippen molar-refractivity contribution in [2.75, 3.05) is 6.54 Å². The number of hydrogen-bond donors (Lipinski definition) is 1. The van der Waals surface area contributed by atoms with Crippen LogP contribution in [0.25, 0.3) is 0 Å². The van der Waals surface area contributed by atoms with Gasteiger partial charge in [0.2, 0.25) is 0 Å². The van der Waals surface area contributed by atoms with E-state index >= 15 is 0 Å². The van der Waals surface area contributed by atoms with Crippen LogP contribution in [0.3, 0.4) is 0 Å². The fourth-order valence-corrected chi connectivity index (χ4v) is 1.88. The highest BCUT2D eigenvalue weighted by Gasteiger charge is 2.33. The smallest absolute Gasteiger partial charge is 0.330 e. The summed E-state index contributed by atoms with van der Waals surface area (Å²) in [5.41, 5.74) is 6.74. The van der Waals surface area contributed by atoms with Crippen molar-refractivity contribution in [2.24, 2.45) is 5.73 Å². The molecule has 1 atom stereocenters. The molecule has 0 aliphatic heterocycles. The van der Waals surface area contributed by atoms with E-state index in [4.69, 9.17) is 5.73 Å². The van der Waals surface area contributed by atoms with Crippen molar-refractivity contribution in [3.8, 4) is 0 Å². The Bertz CT molecular complexity index is 558. The topological polar surface area (TPSA) is 43.8 Å². The maximum absolute atomic E-state index is 12.4. The average Bonchev–Trinajstić information content (AvgIpc) is 2.87. The fraction of sp³-hybridized carbons (Fsp3) is 0.357. The molecular formula is C14H16F3N3. The van der Waals surface area contributed by atoms with E-state index in [1.54, 1.807) is 0 Å². The second kappa shape index (κ2) is 5.66. The zero-order valence-corrected chi connectivity index (χ0v) is 11.1. The molecule has 0 aliphatic rings. The van der Waals surface area contributed by atoms with Gasteiger partial charge in [0, 0.05) is 6.20 Å². The highest BCUT2D eigenvalue weighted by molar-refractivity contribution is 5.25. The molecule has 3 nitrogen and oxygen atoms in total. The van der Waals surface area contributed by atoms with Crippen LogP contribution in [-0.4, -0.2) is 16.3 Å². The third kappa shape index (κ3) is 3.39. The van der Waals surface area contributed by atoms with Gasteiger partial charge in [-0.15, -0.1) is 0 Å². The van der Waals surface area contributed by atoms with Gasteiger partial charge < -0.3 is 5.73 Å². The van der Waals surface area contributed by atoms with E-state index in [1.165, 1.54) is 10.9 Å². The number of alkyl halides is 3. The molecule has 2 N–H and O–H groups in total. The minimum atomic E-state index is -4.40. The lowest BCUT2D eigenvalue weighted by molar-refractivity contribution is -0.141. The highest BCUT2D eigenvalue weighted by Crippen LogP contribution is 2.27. The van der Waals surface area contributed by atoms with Gasteiger partial charge in [-0.2, -0.15) is 18.3 Å². The van der Waals surface area contributed by atoms with Crippen LogP contribution in [0.15, 0.2) is 36.5 Å². The third-order valence-corrected chi connectivity index (χ3v) is 3.18. The number of nitrogens with zero attached hydrogens (tertiary/aromatic N) is 2. The maximum Gasteiger partial charge on any atom is 0.435 e. The first-order valence-electron chi connectivity index (χ1n) is 6.29. The summed E-state index contributed by atoms with van der Waals surface area (Å²) < 4.78 is 38.6. The van der Waals surface area contributed by atoms with Crippen LogP contribution in [0, 0.1) is 0 Å². The third-order valence-electron chi connectivity index (χ3n) is 3.18. The second-order valence-electron chi connectivity index (χ2n) is 4.77. The Labute approximate surface area is 115 Å². The fourth-order valence-electron chi connectivity index (χ4n) is 1.88. The largest absolute Gasteiger partial charge is 0.435 e. The summed E-state index contributed by atoms with van der Waals surface area (Å²) in [6, 6.07) is 8.64. The van der Waals surface area contributed by atoms with Gasteiger partial charge in [0.05, 0.1) is 6.54 Å². The van der Waals surface area contributed by atoms with Crippen LogP contribution in [0.1, 0.15) is 29.7 Å². The predicted molar refractivity (Wildman–Crippen MR) is 70.2 cm³/mol. The lowest BCUT2D eigenvalue weighted by atomic mass is 10.0. The minimum Gasteiger partial charge on any atom is -0.330 e. The molecule has 108 valence electrons. The maximum atomic E-state index is 12.4. The molecule has 0 bridgehead atoms. The van der Waals surface area contributed by atoms with Crippen molar-refractivity contribution in [1.29, 1.82) is 0 Å². The summed E-state index contributed by atoms with van der Waals surface area (Å²) in [7, 11) is 0. The van der Waals surface area contributed by atoms with E-state index in [1.807, 2.05) is 31.2 Å². The van der Waals surface area contributed by atoms with Crippen molar-refractivity contribution >= 4 is 0 Å². The molecule has 1 unspecified atom stereocenters. The molecule has 1 aromatic carbocycles. The molecular weight excluding hydrogens is 267 g/mol. The molecule has 0 radical (unpaired) electrons. The average molecular weight is 283 g/mol. The Morgan fingerprint density at radius 1 is 1.20 bits per heavy atom. The van der Waals surface area contributed by atoms with Crippen LogP contribution in [0.5, 0.6) is 0 Å². The molecule has 1 heterocycles. The predicted octanol–water partition coefficient (Wildman–Crippen LogP) is 3.01. The lowest BCUT2D eigenvalue weighted by Crippen LogP contribution is -2.09. The van der Waals surface area contributed by atoms with Crippen molar-refractivity contribution < 1.29 is 13.2 Å². The minimum absolute atomic E-state index is 0.269. The zero-order valence-electron chi connectivity index (χ0n) is 11.1. The summed E-state index contributed by atoms with van der Waals surface area (Å²) in [6.07, 6.45) is -3.06. The summed E-state index contributed by atoms with van der Waals surface area (Å²) in [4.78, 5) is 0. The Kier molecular flexibility index (Phi) is 4.13. The number of nitrogens with two attached hydrogens (primary N) is 1. The SMILES string of the molecule is CC(CN)c1ccc(Cn2ccc(C(F)(F)F)n2)cc1. The first-order chi connectivity index (χ1) is 9.40. The van der Waals surface area contributed by atoms with Crippen molar-refractivity contribution in [2.45, 2.75) is 25.6 Å². The Hall–Kier alpha value is -1.82. The van der Waals surface area contributed by atoms with Gasteiger partial charge in [-0.1, -0.05) is 31.2 Å². The van der Waals surface area contributed by atoms with E-state index in [0.29, 0.717) is 13.1 Å². The first-order valence-corrected chi connectivity index (χ1v) is 6.29. The molecule has 0 amide bonds. The number of benzene rings is 1. The Balaban J connectivity index is 2.08. The molecule has 1 aromatic heterocycles. The number of hydrogen-bond acceptors (Lipinski definition) is 2. The molecule has 0 saturated heterocycles. The molecule has 2 aromatic rings. The van der Waals surface area contributed by atoms with Gasteiger partial charge >= 0.3 is 6.18 Å². The van der Waals surface area contributed by atoms with Crippen LogP contribution < -0.4 is 5.73 Å². The van der Waals surface area contributed by atoms with Crippen molar-refractivity contribution in [3.05, 3.63) is 53.3 Å². The van der Waals surface area contributed by atoms with Crippen molar-refractivity contribution in [1.82, 2.24) is 9.78 Å². The monoisotopic (exact) mass is 283 g/mol. The van der Waals surface area contributed by atoms with Crippen molar-refractivity contribution in [3.63, 3.8) is 0 Å². The summed E-state index contributed by atoms with van der Waals surface area (Å²) in [5, 5.41) is 3.52. The van der Waals surface area contributed by atoms with E-state index < -0.39 is 11.9 Å². The van der Waals surface area contributed by atoms with Gasteiger partial charge in [0.1, 0.15) is 0 Å². The zero-order chi connectivity index (χ0) is 14.8. The van der Waals surface area contributed by atoms with E-state index in [-0.39, 0.29) is 5.92 Å². The van der Waals surface area contributed by atoms with Crippen LogP contribution in [-0.2, 0) is 12.7 Å². The molecule has 0 spiro atoms. The molecule has 6 heteroatoms. The van der Waals surface area contributed by atoms with E-state index in [9.17, 15) is 13.2 Å². The van der Waals surface area contributed by atoms with E-state index in [0.717, 1.165) is 17.2 Å². The first kappa shape index (κ1) is 14.6. The van der Waals surface area contributed by atoms with Gasteiger partial charge in [-0.25, -0.2) is 0 Å². The highest BCUT2D eigenvalue weighted by atomic mass is 19.4. The quantitative estimate of drug-likeness (QED) is 0.937. The van der Waals surface area contributed by atoms with E-state index in [2.05, 4.69) is 5.10 Å². The summed E-state index contributed by atoms with van der Waals surface area (Å²) in [6.45, 7) is 2.90. The normalized spacial score (nSPS) is 13.4.